The van der Waals surface area contributed by atoms with Crippen molar-refractivity contribution < 1.29 is 22.7 Å². The average Bonchev–Trinajstić information content (AvgIpc) is 2.69. The zero-order chi connectivity index (χ0) is 21.3. The van der Waals surface area contributed by atoms with Crippen molar-refractivity contribution in [3.05, 3.63) is 12.7 Å². The summed E-state index contributed by atoms with van der Waals surface area (Å²) in [4.78, 5) is 0. The van der Waals surface area contributed by atoms with Gasteiger partial charge in [-0.3, -0.25) is 9.13 Å². The molecule has 168 valence electrons. The molecule has 0 spiro atoms. The second-order valence-electron chi connectivity index (χ2n) is 7.30. The van der Waals surface area contributed by atoms with E-state index in [1.165, 1.54) is 39.9 Å². The molecule has 0 aliphatic heterocycles. The lowest BCUT2D eigenvalue weighted by atomic mass is 10.1. The highest BCUT2D eigenvalue weighted by atomic mass is 31.2. The number of unbranched alkanes of at least 4 members (excludes halogenated alkanes) is 9. The van der Waals surface area contributed by atoms with E-state index in [4.69, 9.17) is 13.6 Å². The summed E-state index contributed by atoms with van der Waals surface area (Å²) < 4.78 is 43.1. The van der Waals surface area contributed by atoms with Gasteiger partial charge in [0.2, 0.25) is 7.37 Å². The second-order valence-corrected chi connectivity index (χ2v) is 12.9. The molecular weight excluding hydrogens is 394 g/mol. The Hall–Kier alpha value is 0.0800. The van der Waals surface area contributed by atoms with E-state index in [9.17, 15) is 9.13 Å². The maximum Gasteiger partial charge on any atom is 0.342 e. The van der Waals surface area contributed by atoms with Crippen LogP contribution in [0.1, 0.15) is 90.9 Å². The van der Waals surface area contributed by atoms with E-state index in [2.05, 4.69) is 13.5 Å². The lowest BCUT2D eigenvalue weighted by Crippen LogP contribution is -2.16. The molecule has 0 heterocycles. The van der Waals surface area contributed by atoms with E-state index < -0.39 is 20.4 Å². The third-order valence-electron chi connectivity index (χ3n) is 5.12. The second kappa shape index (κ2) is 16.8. The van der Waals surface area contributed by atoms with E-state index in [0.29, 0.717) is 19.2 Å². The zero-order valence-electron chi connectivity index (χ0n) is 18.7. The summed E-state index contributed by atoms with van der Waals surface area (Å²) in [6, 6.07) is 0. The van der Waals surface area contributed by atoms with Gasteiger partial charge in [0.25, 0.3) is 0 Å². The normalized spacial score (nSPS) is 15.3. The maximum absolute atomic E-state index is 13.7. The van der Waals surface area contributed by atoms with Crippen LogP contribution in [0.4, 0.5) is 0 Å². The summed E-state index contributed by atoms with van der Waals surface area (Å²) in [5, 5.41) is -0.666. The maximum atomic E-state index is 13.7. The molecular formula is C21H44O5P2. The molecule has 0 aromatic carbocycles. The number of hydrogen-bond donors (Lipinski definition) is 0. The molecule has 2 atom stereocenters. The minimum Gasteiger partial charge on any atom is -0.328 e. The van der Waals surface area contributed by atoms with Gasteiger partial charge in [0.15, 0.2) is 0 Å². The molecule has 0 aromatic heterocycles. The van der Waals surface area contributed by atoms with E-state index in [1.807, 2.05) is 13.0 Å². The van der Waals surface area contributed by atoms with Crippen LogP contribution in [0.15, 0.2) is 12.7 Å². The zero-order valence-corrected chi connectivity index (χ0v) is 20.5. The summed E-state index contributed by atoms with van der Waals surface area (Å²) >= 11 is 0. The number of allylic oxidation sites excluding steroid dienone is 1. The fraction of sp³-hybridized carbons (Fsp3) is 0.905. The predicted molar refractivity (Wildman–Crippen MR) is 121 cm³/mol. The van der Waals surface area contributed by atoms with Crippen LogP contribution in [0.25, 0.3) is 0 Å². The summed E-state index contributed by atoms with van der Waals surface area (Å²) in [5.41, 5.74) is 0. The fourth-order valence-electron chi connectivity index (χ4n) is 3.49. The quantitative estimate of drug-likeness (QED) is 0.109. The van der Waals surface area contributed by atoms with Crippen LogP contribution in [-0.2, 0) is 22.7 Å². The van der Waals surface area contributed by atoms with Crippen molar-refractivity contribution in [1.29, 1.82) is 0 Å². The minimum atomic E-state index is -3.46. The first-order valence-electron chi connectivity index (χ1n) is 11.0. The van der Waals surface area contributed by atoms with E-state index >= 15 is 0 Å². The van der Waals surface area contributed by atoms with Crippen molar-refractivity contribution in [1.82, 2.24) is 0 Å². The van der Waals surface area contributed by atoms with E-state index in [-0.39, 0.29) is 0 Å². The third kappa shape index (κ3) is 10.7. The molecule has 0 bridgehead atoms. The van der Waals surface area contributed by atoms with Crippen molar-refractivity contribution in [3.63, 3.8) is 0 Å². The van der Waals surface area contributed by atoms with Gasteiger partial charge < -0.3 is 13.6 Å². The number of rotatable bonds is 20. The van der Waals surface area contributed by atoms with Crippen LogP contribution in [0.5, 0.6) is 0 Å². The van der Waals surface area contributed by atoms with Crippen LogP contribution >= 0.6 is 15.0 Å². The molecule has 28 heavy (non-hydrogen) atoms. The van der Waals surface area contributed by atoms with Gasteiger partial charge in [-0.05, 0) is 32.6 Å². The highest BCUT2D eigenvalue weighted by molar-refractivity contribution is 7.75. The Morgan fingerprint density at radius 1 is 0.857 bits per heavy atom. The van der Waals surface area contributed by atoms with Crippen LogP contribution in [0, 0.1) is 0 Å². The SMILES string of the molecule is C=CCCCCCCCCCP(=O)(OCC)C(CCCCC)P(=O)(OC)OC. The molecule has 0 radical (unpaired) electrons. The summed E-state index contributed by atoms with van der Waals surface area (Å²) in [7, 11) is -3.83. The molecule has 0 fully saturated rings. The lowest BCUT2D eigenvalue weighted by Gasteiger charge is -2.31. The highest BCUT2D eigenvalue weighted by Gasteiger charge is 2.47. The molecule has 0 saturated carbocycles. The van der Waals surface area contributed by atoms with Crippen LogP contribution < -0.4 is 0 Å². The average molecular weight is 439 g/mol. The molecule has 7 heteroatoms. The Bertz CT molecular complexity index is 473. The van der Waals surface area contributed by atoms with Crippen molar-refractivity contribution in [2.45, 2.75) is 96.3 Å². The molecule has 0 rings (SSSR count). The summed E-state index contributed by atoms with van der Waals surface area (Å²) in [5.74, 6) is 0. The molecule has 0 saturated heterocycles. The van der Waals surface area contributed by atoms with Crippen molar-refractivity contribution in [2.24, 2.45) is 0 Å². The topological polar surface area (TPSA) is 61.8 Å². The first-order chi connectivity index (χ1) is 13.4. The first-order valence-corrected chi connectivity index (χ1v) is 14.5. The van der Waals surface area contributed by atoms with E-state index in [0.717, 1.165) is 44.9 Å². The van der Waals surface area contributed by atoms with Crippen molar-refractivity contribution in [2.75, 3.05) is 27.0 Å². The monoisotopic (exact) mass is 438 g/mol. The highest BCUT2D eigenvalue weighted by Crippen LogP contribution is 2.71. The molecule has 0 aliphatic carbocycles. The third-order valence-corrected chi connectivity index (χ3v) is 11.8. The van der Waals surface area contributed by atoms with Gasteiger partial charge in [0.1, 0.15) is 5.40 Å². The first kappa shape index (κ1) is 28.1. The minimum absolute atomic E-state index is 0.346. The fourth-order valence-corrected chi connectivity index (χ4v) is 9.74. The molecule has 5 nitrogen and oxygen atoms in total. The van der Waals surface area contributed by atoms with Gasteiger partial charge in [0, 0.05) is 20.4 Å². The number of hydrogen-bond acceptors (Lipinski definition) is 5. The largest absolute Gasteiger partial charge is 0.342 e. The van der Waals surface area contributed by atoms with Gasteiger partial charge in [-0.2, -0.15) is 0 Å². The molecule has 0 amide bonds. The van der Waals surface area contributed by atoms with Crippen LogP contribution in [0.2, 0.25) is 0 Å². The van der Waals surface area contributed by atoms with Gasteiger partial charge in [-0.15, -0.1) is 6.58 Å². The summed E-state index contributed by atoms with van der Waals surface area (Å²) in [6.45, 7) is 8.04. The Balaban J connectivity index is 4.79. The predicted octanol–water partition coefficient (Wildman–Crippen LogP) is 8.00. The smallest absolute Gasteiger partial charge is 0.328 e. The summed E-state index contributed by atoms with van der Waals surface area (Å²) in [6.07, 6.45) is 14.8. The van der Waals surface area contributed by atoms with Crippen LogP contribution in [0.3, 0.4) is 0 Å². The van der Waals surface area contributed by atoms with Crippen molar-refractivity contribution in [3.8, 4) is 0 Å². The Morgan fingerprint density at radius 2 is 1.43 bits per heavy atom. The van der Waals surface area contributed by atoms with Gasteiger partial charge in [0.05, 0.1) is 6.61 Å². The van der Waals surface area contributed by atoms with Crippen molar-refractivity contribution >= 4 is 15.0 Å². The lowest BCUT2D eigenvalue weighted by molar-refractivity contribution is 0.263. The standard InChI is InChI=1S/C21H44O5P2/c1-6-9-11-12-13-14-15-16-18-20-27(22,26-8-3)21(19-17-10-7-2)28(23,24-4)25-5/h6,21H,1,7-20H2,2-5H3. The van der Waals surface area contributed by atoms with Crippen LogP contribution in [-0.4, -0.2) is 32.4 Å². The molecule has 2 unspecified atom stereocenters. The Kier molecular flexibility index (Phi) is 16.9. The molecule has 0 aliphatic rings. The Labute approximate surface area is 174 Å². The van der Waals surface area contributed by atoms with Gasteiger partial charge in [-0.1, -0.05) is 64.4 Å². The Morgan fingerprint density at radius 3 is 1.93 bits per heavy atom. The van der Waals surface area contributed by atoms with Gasteiger partial charge >= 0.3 is 7.60 Å². The molecule has 0 N–H and O–H groups in total. The van der Waals surface area contributed by atoms with E-state index in [1.54, 1.807) is 0 Å². The van der Waals surface area contributed by atoms with Gasteiger partial charge in [-0.25, -0.2) is 0 Å². The molecule has 0 aromatic rings.